The van der Waals surface area contributed by atoms with Crippen molar-refractivity contribution < 1.29 is 4.79 Å². The maximum Gasteiger partial charge on any atom is 0.228 e. The molecule has 3 nitrogen and oxygen atoms in total. The Balaban J connectivity index is 1.64. The lowest BCUT2D eigenvalue weighted by Gasteiger charge is -2.27. The summed E-state index contributed by atoms with van der Waals surface area (Å²) in [5.74, 6) is 0.231. The van der Waals surface area contributed by atoms with E-state index in [9.17, 15) is 4.79 Å². The van der Waals surface area contributed by atoms with E-state index in [4.69, 9.17) is 0 Å². The number of fused-ring (bicyclic) bond motifs is 3. The van der Waals surface area contributed by atoms with Crippen molar-refractivity contribution in [3.63, 3.8) is 0 Å². The summed E-state index contributed by atoms with van der Waals surface area (Å²) < 4.78 is 0. The molecule has 0 fully saturated rings. The van der Waals surface area contributed by atoms with Crippen LogP contribution in [0.5, 0.6) is 0 Å². The number of aromatic amines is 1. The van der Waals surface area contributed by atoms with Crippen molar-refractivity contribution in [3.05, 3.63) is 57.4 Å². The summed E-state index contributed by atoms with van der Waals surface area (Å²) in [6.45, 7) is 8.24. The molecule has 1 amide bonds. The lowest BCUT2D eigenvalue weighted by molar-refractivity contribution is -0.131. The predicted molar refractivity (Wildman–Crippen MR) is 104 cm³/mol. The summed E-state index contributed by atoms with van der Waals surface area (Å²) in [5, 5.41) is 3.31. The number of aromatic nitrogens is 1. The number of hydrogen-bond donors (Lipinski definition) is 1. The minimum atomic E-state index is 0.127. The smallest absolute Gasteiger partial charge is 0.228 e. The van der Waals surface area contributed by atoms with Crippen molar-refractivity contribution in [2.24, 2.45) is 0 Å². The second-order valence-electron chi connectivity index (χ2n) is 7.91. The van der Waals surface area contributed by atoms with Gasteiger partial charge in [-0.15, -0.1) is 11.3 Å². The maximum absolute atomic E-state index is 12.7. The number of hydrogen-bond acceptors (Lipinski definition) is 2. The Kier molecular flexibility index (Phi) is 3.95. The van der Waals surface area contributed by atoms with Gasteiger partial charge in [-0.1, -0.05) is 32.9 Å². The molecule has 0 aliphatic carbocycles. The largest absolute Gasteiger partial charge is 0.358 e. The van der Waals surface area contributed by atoms with E-state index in [0.29, 0.717) is 13.0 Å². The molecule has 1 N–H and O–H groups in total. The third kappa shape index (κ3) is 3.11. The minimum absolute atomic E-state index is 0.127. The van der Waals surface area contributed by atoms with Crippen molar-refractivity contribution in [1.29, 1.82) is 0 Å². The van der Waals surface area contributed by atoms with Gasteiger partial charge < -0.3 is 9.88 Å². The standard InChI is InChI=1S/C21H24N2OS/c1-21(2,3)14-6-7-18-16(11-14)17-13-23(9-8-19(17)22-18)20(24)12-15-5-4-10-25-15/h4-7,10-11,22H,8-9,12-13H2,1-3H3. The van der Waals surface area contributed by atoms with Crippen molar-refractivity contribution in [1.82, 2.24) is 9.88 Å². The van der Waals surface area contributed by atoms with Crippen LogP contribution in [0, 0.1) is 0 Å². The first kappa shape index (κ1) is 16.4. The Labute approximate surface area is 152 Å². The third-order valence-electron chi connectivity index (χ3n) is 5.10. The molecule has 3 aromatic rings. The van der Waals surface area contributed by atoms with Crippen LogP contribution in [0.2, 0.25) is 0 Å². The number of rotatable bonds is 2. The van der Waals surface area contributed by atoms with E-state index < -0.39 is 0 Å². The lowest BCUT2D eigenvalue weighted by Crippen LogP contribution is -2.36. The van der Waals surface area contributed by atoms with Gasteiger partial charge in [-0.2, -0.15) is 0 Å². The Morgan fingerprint density at radius 2 is 2.12 bits per heavy atom. The molecule has 130 valence electrons. The number of benzene rings is 1. The fourth-order valence-corrected chi connectivity index (χ4v) is 4.26. The molecule has 0 radical (unpaired) electrons. The van der Waals surface area contributed by atoms with E-state index in [0.717, 1.165) is 17.8 Å². The van der Waals surface area contributed by atoms with Crippen LogP contribution in [0.4, 0.5) is 0 Å². The summed E-state index contributed by atoms with van der Waals surface area (Å²) in [7, 11) is 0. The first-order valence-electron chi connectivity index (χ1n) is 8.86. The molecule has 2 aromatic heterocycles. The molecule has 0 bridgehead atoms. The molecule has 1 aliphatic heterocycles. The van der Waals surface area contributed by atoms with Crippen LogP contribution in [-0.2, 0) is 29.6 Å². The summed E-state index contributed by atoms with van der Waals surface area (Å²) in [4.78, 5) is 19.4. The number of carbonyl (C=O) groups excluding carboxylic acids is 1. The van der Waals surface area contributed by atoms with E-state index >= 15 is 0 Å². The SMILES string of the molecule is CC(C)(C)c1ccc2[nH]c3c(c2c1)CN(C(=O)Cc1cccs1)CC3. The van der Waals surface area contributed by atoms with Crippen molar-refractivity contribution >= 4 is 28.1 Å². The highest BCUT2D eigenvalue weighted by molar-refractivity contribution is 7.10. The van der Waals surface area contributed by atoms with Crippen LogP contribution >= 0.6 is 11.3 Å². The highest BCUT2D eigenvalue weighted by Crippen LogP contribution is 2.32. The molecule has 3 heterocycles. The number of H-pyrrole nitrogens is 1. The van der Waals surface area contributed by atoms with E-state index in [1.807, 2.05) is 22.4 Å². The average Bonchev–Trinajstić information content (AvgIpc) is 3.19. The lowest BCUT2D eigenvalue weighted by atomic mass is 9.86. The van der Waals surface area contributed by atoms with Gasteiger partial charge >= 0.3 is 0 Å². The Morgan fingerprint density at radius 1 is 1.28 bits per heavy atom. The Morgan fingerprint density at radius 3 is 2.84 bits per heavy atom. The molecule has 4 rings (SSSR count). The van der Waals surface area contributed by atoms with Gasteiger partial charge in [0, 0.05) is 46.5 Å². The van der Waals surface area contributed by atoms with Crippen LogP contribution in [0.15, 0.2) is 35.7 Å². The van der Waals surface area contributed by atoms with E-state index in [-0.39, 0.29) is 11.3 Å². The zero-order chi connectivity index (χ0) is 17.6. The van der Waals surface area contributed by atoms with Gasteiger partial charge in [0.25, 0.3) is 0 Å². The van der Waals surface area contributed by atoms with Gasteiger partial charge in [0.05, 0.1) is 6.42 Å². The number of nitrogens with zero attached hydrogens (tertiary/aromatic N) is 1. The van der Waals surface area contributed by atoms with E-state index in [1.165, 1.54) is 27.7 Å². The summed E-state index contributed by atoms with van der Waals surface area (Å²) in [6, 6.07) is 10.8. The quantitative estimate of drug-likeness (QED) is 0.716. The highest BCUT2D eigenvalue weighted by Gasteiger charge is 2.25. The molecule has 0 saturated heterocycles. The molecular formula is C21H24N2OS. The number of nitrogens with one attached hydrogen (secondary N) is 1. The monoisotopic (exact) mass is 352 g/mol. The Hall–Kier alpha value is -2.07. The second-order valence-corrected chi connectivity index (χ2v) is 8.95. The molecule has 0 saturated carbocycles. The average molecular weight is 353 g/mol. The van der Waals surface area contributed by atoms with Crippen LogP contribution in [0.3, 0.4) is 0 Å². The summed E-state index contributed by atoms with van der Waals surface area (Å²) >= 11 is 1.66. The van der Waals surface area contributed by atoms with Crippen LogP contribution in [0.1, 0.15) is 42.5 Å². The highest BCUT2D eigenvalue weighted by atomic mass is 32.1. The molecule has 0 unspecified atom stereocenters. The van der Waals surface area contributed by atoms with Crippen molar-refractivity contribution in [3.8, 4) is 0 Å². The number of amides is 1. The molecule has 1 aliphatic rings. The number of thiophene rings is 1. The zero-order valence-corrected chi connectivity index (χ0v) is 15.9. The first-order valence-corrected chi connectivity index (χ1v) is 9.74. The topological polar surface area (TPSA) is 36.1 Å². The van der Waals surface area contributed by atoms with Crippen LogP contribution in [-0.4, -0.2) is 22.3 Å². The molecule has 1 aromatic carbocycles. The van der Waals surface area contributed by atoms with Crippen LogP contribution in [0.25, 0.3) is 10.9 Å². The van der Waals surface area contributed by atoms with Gasteiger partial charge in [0.15, 0.2) is 0 Å². The first-order chi connectivity index (χ1) is 11.9. The molecule has 0 spiro atoms. The molecule has 4 heteroatoms. The van der Waals surface area contributed by atoms with Crippen molar-refractivity contribution in [2.75, 3.05) is 6.54 Å². The normalized spacial score (nSPS) is 14.8. The molecular weight excluding hydrogens is 328 g/mol. The number of carbonyl (C=O) groups is 1. The van der Waals surface area contributed by atoms with Gasteiger partial charge in [-0.05, 0) is 34.6 Å². The molecule has 0 atom stereocenters. The van der Waals surface area contributed by atoms with Crippen LogP contribution < -0.4 is 0 Å². The fraction of sp³-hybridized carbons (Fsp3) is 0.381. The van der Waals surface area contributed by atoms with Gasteiger partial charge in [0.2, 0.25) is 5.91 Å². The Bertz CT molecular complexity index is 915. The predicted octanol–water partition coefficient (Wildman–Crippen LogP) is 4.65. The summed E-state index contributed by atoms with van der Waals surface area (Å²) in [5.41, 5.74) is 5.24. The fourth-order valence-electron chi connectivity index (χ4n) is 3.57. The molecule has 25 heavy (non-hydrogen) atoms. The second kappa shape index (κ2) is 6.03. The van der Waals surface area contributed by atoms with Gasteiger partial charge in [0.1, 0.15) is 0 Å². The van der Waals surface area contributed by atoms with Gasteiger partial charge in [-0.3, -0.25) is 4.79 Å². The third-order valence-corrected chi connectivity index (χ3v) is 5.98. The minimum Gasteiger partial charge on any atom is -0.358 e. The summed E-state index contributed by atoms with van der Waals surface area (Å²) in [6.07, 6.45) is 1.42. The van der Waals surface area contributed by atoms with Gasteiger partial charge in [-0.25, -0.2) is 0 Å². The van der Waals surface area contributed by atoms with E-state index in [1.54, 1.807) is 11.3 Å². The zero-order valence-electron chi connectivity index (χ0n) is 15.1. The maximum atomic E-state index is 12.7. The van der Waals surface area contributed by atoms with Crippen molar-refractivity contribution in [2.45, 2.75) is 45.6 Å². The van der Waals surface area contributed by atoms with E-state index in [2.05, 4.69) is 44.0 Å².